The highest BCUT2D eigenvalue weighted by Gasteiger charge is 2.38. The lowest BCUT2D eigenvalue weighted by Crippen LogP contribution is -2.27. The number of fused-ring (bicyclic) bond motifs is 1. The largest absolute Gasteiger partial charge is 0.381 e. The van der Waals surface area contributed by atoms with Gasteiger partial charge >= 0.3 is 0 Å². The van der Waals surface area contributed by atoms with Gasteiger partial charge in [0.15, 0.2) is 26.4 Å². The maximum atomic E-state index is 13.4. The maximum Gasteiger partial charge on any atom is 0.196 e. The van der Waals surface area contributed by atoms with Gasteiger partial charge in [-0.1, -0.05) is 11.3 Å². The van der Waals surface area contributed by atoms with E-state index in [0.717, 1.165) is 30.4 Å². The van der Waals surface area contributed by atoms with Crippen molar-refractivity contribution in [1.29, 1.82) is 0 Å². The first-order chi connectivity index (χ1) is 15.4. The number of hydrogen-bond acceptors (Lipinski definition) is 8. The SMILES string of the molecule is O=C(Cc1ncc(F)s1)C(CC1CCOCC1)n1ncc2c(S(=O)(=O)C3CC3)ccnc21. The summed E-state index contributed by atoms with van der Waals surface area (Å²) in [5.74, 6) is 0.122. The van der Waals surface area contributed by atoms with Crippen LogP contribution in [0.5, 0.6) is 0 Å². The van der Waals surface area contributed by atoms with Crippen LogP contribution in [-0.2, 0) is 25.8 Å². The van der Waals surface area contributed by atoms with Gasteiger partial charge in [0.1, 0.15) is 11.0 Å². The molecule has 170 valence electrons. The average Bonchev–Trinajstić information content (AvgIpc) is 3.46. The summed E-state index contributed by atoms with van der Waals surface area (Å²) in [4.78, 5) is 21.9. The Kier molecular flexibility index (Phi) is 5.81. The van der Waals surface area contributed by atoms with Gasteiger partial charge in [-0.25, -0.2) is 23.1 Å². The Morgan fingerprint density at radius 1 is 1.22 bits per heavy atom. The predicted molar refractivity (Wildman–Crippen MR) is 116 cm³/mol. The Balaban J connectivity index is 1.52. The number of carbonyl (C=O) groups is 1. The minimum Gasteiger partial charge on any atom is -0.381 e. The third-order valence-corrected chi connectivity index (χ3v) is 9.25. The third-order valence-electron chi connectivity index (χ3n) is 6.14. The molecule has 1 saturated carbocycles. The molecule has 1 unspecified atom stereocenters. The Bertz CT molecular complexity index is 1250. The Morgan fingerprint density at radius 2 is 2.00 bits per heavy atom. The Morgan fingerprint density at radius 3 is 2.69 bits per heavy atom. The van der Waals surface area contributed by atoms with E-state index in [1.807, 2.05) is 0 Å². The normalized spacial score (nSPS) is 18.8. The second kappa shape index (κ2) is 8.60. The lowest BCUT2D eigenvalue weighted by Gasteiger charge is -2.26. The van der Waals surface area contributed by atoms with E-state index in [1.165, 1.54) is 18.5 Å². The van der Waals surface area contributed by atoms with E-state index >= 15 is 0 Å². The molecule has 4 heterocycles. The van der Waals surface area contributed by atoms with Gasteiger partial charge in [0.25, 0.3) is 0 Å². The van der Waals surface area contributed by atoms with Crippen molar-refractivity contribution >= 4 is 38.0 Å². The van der Waals surface area contributed by atoms with E-state index < -0.39 is 21.0 Å². The topological polar surface area (TPSA) is 104 Å². The summed E-state index contributed by atoms with van der Waals surface area (Å²) in [7, 11) is -3.44. The fourth-order valence-electron chi connectivity index (χ4n) is 4.26. The minimum atomic E-state index is -3.44. The molecular weight excluding hydrogens is 455 g/mol. The van der Waals surface area contributed by atoms with Gasteiger partial charge in [-0.05, 0) is 44.1 Å². The number of halogens is 1. The molecule has 0 N–H and O–H groups in total. The molecule has 1 atom stereocenters. The van der Waals surface area contributed by atoms with E-state index in [9.17, 15) is 17.6 Å². The number of carbonyl (C=O) groups excluding carboxylic acids is 1. The second-order valence-electron chi connectivity index (χ2n) is 8.39. The molecule has 2 fully saturated rings. The highest BCUT2D eigenvalue weighted by molar-refractivity contribution is 7.92. The monoisotopic (exact) mass is 478 g/mol. The number of Topliss-reactive ketones (excluding diaryl/α,β-unsaturated/α-hetero) is 1. The first kappa shape index (κ1) is 21.6. The molecule has 3 aromatic heterocycles. The predicted octanol–water partition coefficient (Wildman–Crippen LogP) is 3.13. The van der Waals surface area contributed by atoms with Gasteiger partial charge in [0.2, 0.25) is 0 Å². The zero-order chi connectivity index (χ0) is 22.3. The molecule has 0 spiro atoms. The molecular formula is C21H23FN4O4S2. The van der Waals surface area contributed by atoms with Crippen molar-refractivity contribution in [2.75, 3.05) is 13.2 Å². The summed E-state index contributed by atoms with van der Waals surface area (Å²) in [5, 5.41) is 4.49. The van der Waals surface area contributed by atoms with Crippen LogP contribution in [0.3, 0.4) is 0 Å². The van der Waals surface area contributed by atoms with Crippen molar-refractivity contribution in [1.82, 2.24) is 19.7 Å². The van der Waals surface area contributed by atoms with E-state index in [2.05, 4.69) is 15.1 Å². The van der Waals surface area contributed by atoms with Crippen LogP contribution in [0.2, 0.25) is 0 Å². The van der Waals surface area contributed by atoms with Crippen LogP contribution in [0, 0.1) is 11.0 Å². The van der Waals surface area contributed by atoms with Crippen molar-refractivity contribution in [3.05, 3.63) is 34.8 Å². The summed E-state index contributed by atoms with van der Waals surface area (Å²) in [6, 6.07) is 0.865. The van der Waals surface area contributed by atoms with Gasteiger partial charge in [-0.3, -0.25) is 4.79 Å². The van der Waals surface area contributed by atoms with E-state index in [4.69, 9.17) is 4.74 Å². The lowest BCUT2D eigenvalue weighted by molar-refractivity contribution is -0.122. The number of pyridine rings is 1. The van der Waals surface area contributed by atoms with Gasteiger partial charge in [-0.2, -0.15) is 9.49 Å². The number of nitrogens with zero attached hydrogens (tertiary/aromatic N) is 4. The molecule has 1 saturated heterocycles. The van der Waals surface area contributed by atoms with Crippen LogP contribution in [0.1, 0.15) is 43.2 Å². The minimum absolute atomic E-state index is 0.0100. The number of sulfone groups is 1. The molecule has 11 heteroatoms. The number of rotatable bonds is 8. The van der Waals surface area contributed by atoms with E-state index in [1.54, 1.807) is 4.68 Å². The Hall–Kier alpha value is -2.24. The molecule has 0 amide bonds. The van der Waals surface area contributed by atoms with Crippen LogP contribution in [0.15, 0.2) is 29.6 Å². The molecule has 1 aliphatic carbocycles. The van der Waals surface area contributed by atoms with E-state index in [-0.39, 0.29) is 28.3 Å². The van der Waals surface area contributed by atoms with Crippen LogP contribution in [-0.4, -0.2) is 52.4 Å². The fourth-order valence-corrected chi connectivity index (χ4v) is 6.73. The second-order valence-corrected chi connectivity index (χ2v) is 11.7. The number of ketones is 1. The molecule has 2 aliphatic rings. The Labute approximate surface area is 188 Å². The van der Waals surface area contributed by atoms with Crippen molar-refractivity contribution in [2.45, 2.75) is 54.7 Å². The molecule has 0 aromatic carbocycles. The molecule has 0 bridgehead atoms. The molecule has 5 rings (SSSR count). The number of thiazole rings is 1. The van der Waals surface area contributed by atoms with Crippen LogP contribution >= 0.6 is 11.3 Å². The van der Waals surface area contributed by atoms with Crippen molar-refractivity contribution in [3.63, 3.8) is 0 Å². The first-order valence-electron chi connectivity index (χ1n) is 10.7. The summed E-state index contributed by atoms with van der Waals surface area (Å²) < 4.78 is 46.2. The highest BCUT2D eigenvalue weighted by Crippen LogP contribution is 2.37. The molecule has 8 nitrogen and oxygen atoms in total. The summed E-state index contributed by atoms with van der Waals surface area (Å²) in [6.07, 6.45) is 7.59. The molecule has 1 aliphatic heterocycles. The summed E-state index contributed by atoms with van der Waals surface area (Å²) in [6.45, 7) is 1.29. The highest BCUT2D eigenvalue weighted by atomic mass is 32.2. The van der Waals surface area contributed by atoms with Gasteiger partial charge in [0.05, 0.1) is 34.3 Å². The number of hydrogen-bond donors (Lipinski definition) is 0. The van der Waals surface area contributed by atoms with Crippen LogP contribution < -0.4 is 0 Å². The lowest BCUT2D eigenvalue weighted by atomic mass is 9.90. The maximum absolute atomic E-state index is 13.4. The molecule has 32 heavy (non-hydrogen) atoms. The standard InChI is InChI=1S/C21H23FN4O4S2/c22-19-12-24-20(31-19)10-17(27)16(9-13-4-7-30-8-5-13)26-21-15(11-25-26)18(3-6-23-21)32(28,29)14-1-2-14/h3,6,11-14,16H,1-2,4-5,7-10H2. The van der Waals surface area contributed by atoms with Gasteiger partial charge in [0, 0.05) is 19.4 Å². The van der Waals surface area contributed by atoms with Crippen molar-refractivity contribution in [2.24, 2.45) is 5.92 Å². The smallest absolute Gasteiger partial charge is 0.196 e. The summed E-state index contributed by atoms with van der Waals surface area (Å²) in [5.41, 5.74) is 0.377. The van der Waals surface area contributed by atoms with E-state index in [0.29, 0.717) is 48.5 Å². The number of aromatic nitrogens is 4. The van der Waals surface area contributed by atoms with Crippen molar-refractivity contribution < 1.29 is 22.3 Å². The molecule has 3 aromatic rings. The quantitative estimate of drug-likeness (QED) is 0.490. The van der Waals surface area contributed by atoms with Gasteiger partial charge in [-0.15, -0.1) is 0 Å². The van der Waals surface area contributed by atoms with Crippen LogP contribution in [0.25, 0.3) is 11.0 Å². The van der Waals surface area contributed by atoms with Gasteiger partial charge < -0.3 is 4.74 Å². The summed E-state index contributed by atoms with van der Waals surface area (Å²) >= 11 is 0.853. The average molecular weight is 479 g/mol. The zero-order valence-corrected chi connectivity index (χ0v) is 18.9. The molecule has 0 radical (unpaired) electrons. The van der Waals surface area contributed by atoms with Crippen molar-refractivity contribution in [3.8, 4) is 0 Å². The third kappa shape index (κ3) is 4.20. The number of ether oxygens (including phenoxy) is 1. The first-order valence-corrected chi connectivity index (χ1v) is 13.1. The zero-order valence-electron chi connectivity index (χ0n) is 17.3. The fraction of sp³-hybridized carbons (Fsp3) is 0.524. The van der Waals surface area contributed by atoms with Crippen LogP contribution in [0.4, 0.5) is 4.39 Å².